The van der Waals surface area contributed by atoms with Crippen LogP contribution in [0.25, 0.3) is 21.9 Å². The number of carbonyl (C=O) groups excluding carboxylic acids is 1. The van der Waals surface area contributed by atoms with Crippen LogP contribution in [0.2, 0.25) is 0 Å². The van der Waals surface area contributed by atoms with E-state index in [-0.39, 0.29) is 5.91 Å². The molecule has 0 unspecified atom stereocenters. The molecule has 1 amide bonds. The van der Waals surface area contributed by atoms with Crippen LogP contribution in [0, 0.1) is 0 Å². The SMILES string of the molecule is CC(C)n1c2ccccc2c2c1cc(C(=O)NCCCN1CCOCC1)n2C.O=C(O)C(F)(F)F. The number of hydrogen-bond acceptors (Lipinski definition) is 4. The number of halogens is 3. The molecule has 0 spiro atoms. The Bertz CT molecular complexity index is 1180. The number of rotatable bonds is 6. The number of benzene rings is 1. The van der Waals surface area contributed by atoms with E-state index in [9.17, 15) is 18.0 Å². The Morgan fingerprint density at radius 1 is 1.14 bits per heavy atom. The van der Waals surface area contributed by atoms with E-state index in [0.29, 0.717) is 12.6 Å². The number of aromatic nitrogens is 2. The van der Waals surface area contributed by atoms with Gasteiger partial charge in [0, 0.05) is 38.1 Å². The van der Waals surface area contributed by atoms with Gasteiger partial charge in [0.2, 0.25) is 0 Å². The average molecular weight is 497 g/mol. The molecule has 0 radical (unpaired) electrons. The Balaban J connectivity index is 0.000000429. The molecule has 1 aliphatic heterocycles. The van der Waals surface area contributed by atoms with Crippen LogP contribution in [0.4, 0.5) is 13.2 Å². The zero-order valence-corrected chi connectivity index (χ0v) is 20.1. The molecule has 1 saturated heterocycles. The highest BCUT2D eigenvalue weighted by Gasteiger charge is 2.38. The fourth-order valence-electron chi connectivity index (χ4n) is 4.30. The first-order valence-corrected chi connectivity index (χ1v) is 11.5. The minimum Gasteiger partial charge on any atom is -0.475 e. The van der Waals surface area contributed by atoms with E-state index < -0.39 is 12.1 Å². The molecule has 35 heavy (non-hydrogen) atoms. The summed E-state index contributed by atoms with van der Waals surface area (Å²) in [4.78, 5) is 24.1. The molecular formula is C24H31F3N4O4. The molecule has 0 atom stereocenters. The van der Waals surface area contributed by atoms with E-state index in [2.05, 4.69) is 52.9 Å². The molecule has 192 valence electrons. The van der Waals surface area contributed by atoms with Gasteiger partial charge in [0.15, 0.2) is 0 Å². The molecule has 1 fully saturated rings. The van der Waals surface area contributed by atoms with Crippen LogP contribution in [0.15, 0.2) is 30.3 Å². The predicted molar refractivity (Wildman–Crippen MR) is 127 cm³/mol. The van der Waals surface area contributed by atoms with Crippen molar-refractivity contribution in [2.45, 2.75) is 32.5 Å². The van der Waals surface area contributed by atoms with Crippen LogP contribution in [-0.2, 0) is 16.6 Å². The fraction of sp³-hybridized carbons (Fsp3) is 0.500. The molecule has 11 heteroatoms. The summed E-state index contributed by atoms with van der Waals surface area (Å²) >= 11 is 0. The van der Waals surface area contributed by atoms with Gasteiger partial charge in [0.1, 0.15) is 5.69 Å². The summed E-state index contributed by atoms with van der Waals surface area (Å²) < 4.78 is 41.5. The zero-order chi connectivity index (χ0) is 25.8. The summed E-state index contributed by atoms with van der Waals surface area (Å²) in [5.74, 6) is -2.76. The maximum absolute atomic E-state index is 12.8. The quantitative estimate of drug-likeness (QED) is 0.507. The first-order valence-electron chi connectivity index (χ1n) is 11.5. The van der Waals surface area contributed by atoms with Crippen molar-refractivity contribution in [1.29, 1.82) is 0 Å². The van der Waals surface area contributed by atoms with Crippen LogP contribution in [-0.4, -0.2) is 76.6 Å². The number of carboxylic acids is 1. The van der Waals surface area contributed by atoms with Crippen molar-refractivity contribution < 1.29 is 32.6 Å². The molecule has 1 aromatic carbocycles. The number of carbonyl (C=O) groups is 2. The van der Waals surface area contributed by atoms with Gasteiger partial charge < -0.3 is 24.3 Å². The maximum Gasteiger partial charge on any atom is 0.490 e. The molecular weight excluding hydrogens is 465 g/mol. The van der Waals surface area contributed by atoms with Gasteiger partial charge in [0.25, 0.3) is 5.91 Å². The number of alkyl halides is 3. The van der Waals surface area contributed by atoms with Gasteiger partial charge in [-0.2, -0.15) is 13.2 Å². The molecule has 0 saturated carbocycles. The number of morpholine rings is 1. The van der Waals surface area contributed by atoms with Gasteiger partial charge >= 0.3 is 12.1 Å². The number of nitrogens with zero attached hydrogens (tertiary/aromatic N) is 3. The monoisotopic (exact) mass is 496 g/mol. The number of fused-ring (bicyclic) bond motifs is 3. The van der Waals surface area contributed by atoms with Gasteiger partial charge in [-0.1, -0.05) is 18.2 Å². The number of carboxylic acid groups (broad SMARTS) is 1. The summed E-state index contributed by atoms with van der Waals surface area (Å²) in [6, 6.07) is 10.8. The van der Waals surface area contributed by atoms with Crippen molar-refractivity contribution in [1.82, 2.24) is 19.4 Å². The Kier molecular flexibility index (Phi) is 8.44. The molecule has 2 N–H and O–H groups in total. The topological polar surface area (TPSA) is 88.7 Å². The van der Waals surface area contributed by atoms with E-state index in [0.717, 1.165) is 56.0 Å². The summed E-state index contributed by atoms with van der Waals surface area (Å²) in [6.07, 6.45) is -4.13. The van der Waals surface area contributed by atoms with Crippen LogP contribution < -0.4 is 5.32 Å². The summed E-state index contributed by atoms with van der Waals surface area (Å²) in [6.45, 7) is 9.67. The van der Waals surface area contributed by atoms with Crippen molar-refractivity contribution in [3.8, 4) is 0 Å². The number of aryl methyl sites for hydroxylation is 1. The standard InChI is InChI=1S/C22H30N4O2.C2HF3O2/c1-16(2)26-18-8-5-4-7-17(18)21-19(26)15-20(24(21)3)22(27)23-9-6-10-25-11-13-28-14-12-25;3-2(4,5)1(6)7/h4-5,7-8,15-16H,6,9-14H2,1-3H3,(H,23,27);(H,6,7). The molecule has 3 aromatic rings. The minimum atomic E-state index is -5.08. The second-order valence-electron chi connectivity index (χ2n) is 8.67. The Morgan fingerprint density at radius 2 is 1.77 bits per heavy atom. The highest BCUT2D eigenvalue weighted by atomic mass is 19.4. The Morgan fingerprint density at radius 3 is 2.37 bits per heavy atom. The molecule has 3 heterocycles. The van der Waals surface area contributed by atoms with Gasteiger partial charge in [-0.15, -0.1) is 0 Å². The molecule has 8 nitrogen and oxygen atoms in total. The third-order valence-electron chi connectivity index (χ3n) is 5.92. The van der Waals surface area contributed by atoms with Gasteiger partial charge in [0.05, 0.1) is 29.8 Å². The van der Waals surface area contributed by atoms with Crippen LogP contribution in [0.5, 0.6) is 0 Å². The van der Waals surface area contributed by atoms with Crippen LogP contribution in [0.1, 0.15) is 36.8 Å². The van der Waals surface area contributed by atoms with Crippen molar-refractivity contribution in [2.75, 3.05) is 39.4 Å². The normalized spacial score (nSPS) is 14.8. The number of aliphatic carboxylic acids is 1. The smallest absolute Gasteiger partial charge is 0.475 e. The molecule has 0 aliphatic carbocycles. The van der Waals surface area contributed by atoms with Crippen molar-refractivity contribution in [3.63, 3.8) is 0 Å². The highest BCUT2D eigenvalue weighted by Crippen LogP contribution is 2.33. The first kappa shape index (κ1) is 26.6. The third-order valence-corrected chi connectivity index (χ3v) is 5.92. The summed E-state index contributed by atoms with van der Waals surface area (Å²) in [5, 5.41) is 11.4. The number of para-hydroxylation sites is 1. The number of hydrogen-bond donors (Lipinski definition) is 2. The van der Waals surface area contributed by atoms with Gasteiger partial charge in [-0.25, -0.2) is 4.79 Å². The lowest BCUT2D eigenvalue weighted by molar-refractivity contribution is -0.192. The Labute approximate surface area is 201 Å². The first-order chi connectivity index (χ1) is 16.5. The second kappa shape index (κ2) is 11.1. The predicted octanol–water partition coefficient (Wildman–Crippen LogP) is 3.80. The number of nitrogens with one attached hydrogen (secondary N) is 1. The van der Waals surface area contributed by atoms with Crippen molar-refractivity contribution >= 4 is 33.8 Å². The van der Waals surface area contributed by atoms with Crippen molar-refractivity contribution in [2.24, 2.45) is 7.05 Å². The van der Waals surface area contributed by atoms with Gasteiger partial charge in [-0.3, -0.25) is 9.69 Å². The summed E-state index contributed by atoms with van der Waals surface area (Å²) in [5.41, 5.74) is 4.19. The highest BCUT2D eigenvalue weighted by molar-refractivity contribution is 6.10. The largest absolute Gasteiger partial charge is 0.490 e. The summed E-state index contributed by atoms with van der Waals surface area (Å²) in [7, 11) is 1.99. The minimum absolute atomic E-state index is 0.0000599. The molecule has 1 aliphatic rings. The average Bonchev–Trinajstić information content (AvgIpc) is 3.31. The lowest BCUT2D eigenvalue weighted by atomic mass is 10.2. The maximum atomic E-state index is 12.8. The lowest BCUT2D eigenvalue weighted by Crippen LogP contribution is -2.38. The molecule has 0 bridgehead atoms. The lowest BCUT2D eigenvalue weighted by Gasteiger charge is -2.26. The van der Waals surface area contributed by atoms with Crippen molar-refractivity contribution in [3.05, 3.63) is 36.0 Å². The van der Waals surface area contributed by atoms with Crippen LogP contribution >= 0.6 is 0 Å². The fourth-order valence-corrected chi connectivity index (χ4v) is 4.30. The van der Waals surface area contributed by atoms with E-state index in [1.807, 2.05) is 17.7 Å². The van der Waals surface area contributed by atoms with Crippen LogP contribution in [0.3, 0.4) is 0 Å². The van der Waals surface area contributed by atoms with E-state index in [1.165, 1.54) is 10.9 Å². The third kappa shape index (κ3) is 6.15. The number of amides is 1. The van der Waals surface area contributed by atoms with E-state index in [4.69, 9.17) is 14.6 Å². The molecule has 4 rings (SSSR count). The van der Waals surface area contributed by atoms with E-state index >= 15 is 0 Å². The Hall–Kier alpha value is -3.05. The zero-order valence-electron chi connectivity index (χ0n) is 20.1. The van der Waals surface area contributed by atoms with E-state index in [1.54, 1.807) is 0 Å². The number of ether oxygens (including phenoxy) is 1. The molecule has 2 aromatic heterocycles. The van der Waals surface area contributed by atoms with Gasteiger partial charge in [-0.05, 0) is 38.9 Å². The second-order valence-corrected chi connectivity index (χ2v) is 8.67.